The Bertz CT molecular complexity index is 979. The summed E-state index contributed by atoms with van der Waals surface area (Å²) in [7, 11) is 1.48. The molecule has 0 spiro atoms. The number of fused-ring (bicyclic) bond motifs is 1. The standard InChI is InChI=1S/C17H12F2N2O3/c1-24-12-2-3-13-14(8-16(22)21-15(13)7-12)17(23)20-11-5-9(18)4-10(19)6-11/h2-8H,1H3,(H,20,23)(H,21,22). The zero-order valence-electron chi connectivity index (χ0n) is 12.5. The lowest BCUT2D eigenvalue weighted by Gasteiger charge is -2.09. The lowest BCUT2D eigenvalue weighted by molar-refractivity contribution is 0.102. The molecule has 0 aliphatic rings. The van der Waals surface area contributed by atoms with Gasteiger partial charge in [-0.1, -0.05) is 0 Å². The van der Waals surface area contributed by atoms with Crippen molar-refractivity contribution in [2.24, 2.45) is 0 Å². The summed E-state index contributed by atoms with van der Waals surface area (Å²) in [5, 5.41) is 2.86. The maximum absolute atomic E-state index is 13.2. The number of H-pyrrole nitrogens is 1. The van der Waals surface area contributed by atoms with Gasteiger partial charge in [0.05, 0.1) is 18.2 Å². The van der Waals surface area contributed by atoms with E-state index >= 15 is 0 Å². The average molecular weight is 330 g/mol. The maximum atomic E-state index is 13.2. The number of carbonyl (C=O) groups is 1. The number of benzene rings is 2. The number of rotatable bonds is 3. The molecule has 0 unspecified atom stereocenters. The molecule has 24 heavy (non-hydrogen) atoms. The number of aromatic amines is 1. The fraction of sp³-hybridized carbons (Fsp3) is 0.0588. The van der Waals surface area contributed by atoms with Crippen molar-refractivity contribution in [3.8, 4) is 5.75 Å². The molecule has 0 aliphatic carbocycles. The summed E-state index contributed by atoms with van der Waals surface area (Å²) in [6, 6.07) is 8.63. The molecule has 2 N–H and O–H groups in total. The van der Waals surface area contributed by atoms with E-state index in [0.29, 0.717) is 22.7 Å². The highest BCUT2D eigenvalue weighted by Gasteiger charge is 2.13. The second-order valence-electron chi connectivity index (χ2n) is 5.07. The fourth-order valence-corrected chi connectivity index (χ4v) is 2.38. The topological polar surface area (TPSA) is 71.2 Å². The SMILES string of the molecule is COc1ccc2c(C(=O)Nc3cc(F)cc(F)c3)cc(=O)[nH]c2c1. The smallest absolute Gasteiger partial charge is 0.256 e. The first-order valence-corrected chi connectivity index (χ1v) is 6.95. The molecule has 3 rings (SSSR count). The van der Waals surface area contributed by atoms with Crippen LogP contribution in [0.4, 0.5) is 14.5 Å². The van der Waals surface area contributed by atoms with Gasteiger partial charge in [-0.25, -0.2) is 8.78 Å². The monoisotopic (exact) mass is 330 g/mol. The predicted molar refractivity (Wildman–Crippen MR) is 85.4 cm³/mol. The van der Waals surface area contributed by atoms with Gasteiger partial charge in [0.2, 0.25) is 5.56 Å². The van der Waals surface area contributed by atoms with Gasteiger partial charge in [-0.05, 0) is 24.3 Å². The zero-order chi connectivity index (χ0) is 17.3. The molecular formula is C17H12F2N2O3. The molecule has 5 nitrogen and oxygen atoms in total. The van der Waals surface area contributed by atoms with E-state index in [4.69, 9.17) is 4.74 Å². The number of amides is 1. The molecule has 0 atom stereocenters. The van der Waals surface area contributed by atoms with Crippen LogP contribution < -0.4 is 15.6 Å². The molecule has 3 aromatic rings. The van der Waals surface area contributed by atoms with Crippen molar-refractivity contribution >= 4 is 22.5 Å². The minimum absolute atomic E-state index is 0.0422. The Kier molecular flexibility index (Phi) is 3.99. The third kappa shape index (κ3) is 3.10. The lowest BCUT2D eigenvalue weighted by atomic mass is 10.1. The van der Waals surface area contributed by atoms with Crippen LogP contribution >= 0.6 is 0 Å². The first kappa shape index (κ1) is 15.7. The van der Waals surface area contributed by atoms with Gasteiger partial charge in [-0.2, -0.15) is 0 Å². The quantitative estimate of drug-likeness (QED) is 0.775. The molecule has 7 heteroatoms. The van der Waals surface area contributed by atoms with Gasteiger partial charge in [-0.15, -0.1) is 0 Å². The molecule has 1 amide bonds. The summed E-state index contributed by atoms with van der Waals surface area (Å²) in [4.78, 5) is 26.8. The van der Waals surface area contributed by atoms with Gasteiger partial charge in [0.1, 0.15) is 17.4 Å². The normalized spacial score (nSPS) is 10.6. The zero-order valence-corrected chi connectivity index (χ0v) is 12.5. The van der Waals surface area contributed by atoms with E-state index in [1.807, 2.05) is 0 Å². The number of hydrogen-bond donors (Lipinski definition) is 2. The Hall–Kier alpha value is -3.22. The van der Waals surface area contributed by atoms with Crippen LogP contribution in [0.3, 0.4) is 0 Å². The second kappa shape index (κ2) is 6.11. The number of pyridine rings is 1. The van der Waals surface area contributed by atoms with Gasteiger partial charge in [0, 0.05) is 29.3 Å². The third-order valence-corrected chi connectivity index (χ3v) is 3.42. The van der Waals surface area contributed by atoms with Gasteiger partial charge in [-0.3, -0.25) is 9.59 Å². The third-order valence-electron chi connectivity index (χ3n) is 3.42. The average Bonchev–Trinajstić information content (AvgIpc) is 2.52. The molecule has 122 valence electrons. The van der Waals surface area contributed by atoms with E-state index in [1.165, 1.54) is 7.11 Å². The van der Waals surface area contributed by atoms with Crippen molar-refractivity contribution < 1.29 is 18.3 Å². The van der Waals surface area contributed by atoms with Crippen molar-refractivity contribution in [3.63, 3.8) is 0 Å². The Morgan fingerprint density at radius 1 is 1.08 bits per heavy atom. The fourth-order valence-electron chi connectivity index (χ4n) is 2.38. The number of hydrogen-bond acceptors (Lipinski definition) is 3. The van der Waals surface area contributed by atoms with E-state index < -0.39 is 23.1 Å². The van der Waals surface area contributed by atoms with E-state index in [2.05, 4.69) is 10.3 Å². The van der Waals surface area contributed by atoms with Crippen LogP contribution in [0.1, 0.15) is 10.4 Å². The minimum Gasteiger partial charge on any atom is -0.497 e. The van der Waals surface area contributed by atoms with Crippen LogP contribution in [0.5, 0.6) is 5.75 Å². The minimum atomic E-state index is -0.814. The Morgan fingerprint density at radius 2 is 1.79 bits per heavy atom. The van der Waals surface area contributed by atoms with Crippen molar-refractivity contribution in [1.29, 1.82) is 0 Å². The predicted octanol–water partition coefficient (Wildman–Crippen LogP) is 3.07. The van der Waals surface area contributed by atoms with E-state index in [-0.39, 0.29) is 11.3 Å². The van der Waals surface area contributed by atoms with Crippen LogP contribution in [-0.4, -0.2) is 18.0 Å². The van der Waals surface area contributed by atoms with E-state index in [9.17, 15) is 18.4 Å². The number of halogens is 2. The van der Waals surface area contributed by atoms with Gasteiger partial charge in [0.25, 0.3) is 5.91 Å². The lowest BCUT2D eigenvalue weighted by Crippen LogP contribution is -2.17. The van der Waals surface area contributed by atoms with Gasteiger partial charge < -0.3 is 15.0 Å². The van der Waals surface area contributed by atoms with Crippen LogP contribution in [-0.2, 0) is 0 Å². The Morgan fingerprint density at radius 3 is 2.46 bits per heavy atom. The number of anilines is 1. The summed E-state index contributed by atoms with van der Waals surface area (Å²) in [6.07, 6.45) is 0. The highest BCUT2D eigenvalue weighted by Crippen LogP contribution is 2.22. The maximum Gasteiger partial charge on any atom is 0.256 e. The number of nitrogens with one attached hydrogen (secondary N) is 2. The number of carbonyl (C=O) groups excluding carboxylic acids is 1. The Balaban J connectivity index is 2.04. The summed E-state index contributed by atoms with van der Waals surface area (Å²) >= 11 is 0. The molecule has 0 saturated carbocycles. The van der Waals surface area contributed by atoms with E-state index in [1.54, 1.807) is 18.2 Å². The summed E-state index contributed by atoms with van der Waals surface area (Å²) in [6.45, 7) is 0. The molecule has 0 saturated heterocycles. The second-order valence-corrected chi connectivity index (χ2v) is 5.07. The Labute approximate surface area is 134 Å². The molecule has 0 bridgehead atoms. The first-order valence-electron chi connectivity index (χ1n) is 6.95. The highest BCUT2D eigenvalue weighted by atomic mass is 19.1. The molecule has 0 fully saturated rings. The van der Waals surface area contributed by atoms with Crippen LogP contribution in [0.15, 0.2) is 47.3 Å². The molecule has 1 heterocycles. The molecule has 2 aromatic carbocycles. The van der Waals surface area contributed by atoms with Crippen LogP contribution in [0, 0.1) is 11.6 Å². The summed E-state index contributed by atoms with van der Waals surface area (Å²) < 4.78 is 31.5. The highest BCUT2D eigenvalue weighted by molar-refractivity contribution is 6.12. The van der Waals surface area contributed by atoms with Gasteiger partial charge >= 0.3 is 0 Å². The molecule has 0 aliphatic heterocycles. The van der Waals surface area contributed by atoms with E-state index in [0.717, 1.165) is 18.2 Å². The molecule has 0 radical (unpaired) electrons. The van der Waals surface area contributed by atoms with Gasteiger partial charge in [0.15, 0.2) is 0 Å². The number of methoxy groups -OCH3 is 1. The van der Waals surface area contributed by atoms with Crippen molar-refractivity contribution in [2.75, 3.05) is 12.4 Å². The molecular weight excluding hydrogens is 318 g/mol. The number of aromatic nitrogens is 1. The van der Waals surface area contributed by atoms with Crippen LogP contribution in [0.25, 0.3) is 10.9 Å². The van der Waals surface area contributed by atoms with Crippen molar-refractivity contribution in [1.82, 2.24) is 4.98 Å². The van der Waals surface area contributed by atoms with Crippen molar-refractivity contribution in [2.45, 2.75) is 0 Å². The van der Waals surface area contributed by atoms with Crippen molar-refractivity contribution in [3.05, 3.63) is 70.0 Å². The summed E-state index contributed by atoms with van der Waals surface area (Å²) in [5.41, 5.74) is -0.0238. The summed E-state index contributed by atoms with van der Waals surface area (Å²) in [5.74, 6) is -1.76. The van der Waals surface area contributed by atoms with Crippen LogP contribution in [0.2, 0.25) is 0 Å². The number of ether oxygens (including phenoxy) is 1. The largest absolute Gasteiger partial charge is 0.497 e. The first-order chi connectivity index (χ1) is 11.5. The molecule has 1 aromatic heterocycles.